The van der Waals surface area contributed by atoms with Gasteiger partial charge in [-0.3, -0.25) is 0 Å². The van der Waals surface area contributed by atoms with Gasteiger partial charge in [-0.05, 0) is 48.6 Å². The van der Waals surface area contributed by atoms with Crippen LogP contribution in [-0.4, -0.2) is 15.3 Å². The predicted octanol–water partition coefficient (Wildman–Crippen LogP) is 5.03. The monoisotopic (exact) mass is 379 g/mol. The van der Waals surface area contributed by atoms with Crippen LogP contribution in [-0.2, 0) is 24.4 Å². The summed E-state index contributed by atoms with van der Waals surface area (Å²) in [6, 6.07) is 14.1. The second-order valence-corrected chi connectivity index (χ2v) is 7.41. The van der Waals surface area contributed by atoms with Crippen LogP contribution in [0.5, 0.6) is 0 Å². The second kappa shape index (κ2) is 7.97. The fourth-order valence-electron chi connectivity index (χ4n) is 3.70. The van der Waals surface area contributed by atoms with E-state index in [-0.39, 0.29) is 0 Å². The van der Waals surface area contributed by atoms with Gasteiger partial charge in [-0.15, -0.1) is 0 Å². The molecular formula is C22H22ClN3O. The Labute approximate surface area is 164 Å². The van der Waals surface area contributed by atoms with Crippen molar-refractivity contribution in [2.75, 3.05) is 0 Å². The summed E-state index contributed by atoms with van der Waals surface area (Å²) in [5.74, 6) is 0.299. The SMILES string of the molecule is Cc1cccc2c1CCC(Cn1ccnc1)/C2=N\OCc1cccc(Cl)c1. The third-order valence-corrected chi connectivity index (χ3v) is 5.32. The zero-order valence-electron chi connectivity index (χ0n) is 15.3. The first-order chi connectivity index (χ1) is 13.2. The number of rotatable bonds is 5. The maximum atomic E-state index is 6.06. The standard InChI is InChI=1S/C22H22ClN3O/c1-16-4-2-7-21-20(16)9-8-18(13-26-11-10-24-15-26)22(21)25-27-14-17-5-3-6-19(23)12-17/h2-7,10-12,15,18H,8-9,13-14H2,1H3/b25-22+. The molecule has 2 aromatic carbocycles. The van der Waals surface area contributed by atoms with E-state index >= 15 is 0 Å². The largest absolute Gasteiger partial charge is 0.391 e. The first-order valence-corrected chi connectivity index (χ1v) is 9.57. The van der Waals surface area contributed by atoms with Crippen LogP contribution in [0.3, 0.4) is 0 Å². The molecule has 0 radical (unpaired) electrons. The van der Waals surface area contributed by atoms with Gasteiger partial charge >= 0.3 is 0 Å². The van der Waals surface area contributed by atoms with Crippen molar-refractivity contribution in [1.29, 1.82) is 0 Å². The van der Waals surface area contributed by atoms with E-state index in [1.54, 1.807) is 0 Å². The van der Waals surface area contributed by atoms with Gasteiger partial charge in [-0.25, -0.2) is 4.98 Å². The lowest BCUT2D eigenvalue weighted by molar-refractivity contribution is 0.128. The molecule has 0 fully saturated rings. The summed E-state index contributed by atoms with van der Waals surface area (Å²) >= 11 is 6.06. The highest BCUT2D eigenvalue weighted by molar-refractivity contribution is 6.30. The van der Waals surface area contributed by atoms with Gasteiger partial charge in [0.05, 0.1) is 12.0 Å². The third kappa shape index (κ3) is 4.06. The maximum absolute atomic E-state index is 6.06. The number of oxime groups is 1. The number of halogens is 1. The molecule has 5 heteroatoms. The van der Waals surface area contributed by atoms with Crippen LogP contribution in [0, 0.1) is 12.8 Å². The van der Waals surface area contributed by atoms with Crippen molar-refractivity contribution in [2.45, 2.75) is 32.9 Å². The third-order valence-electron chi connectivity index (χ3n) is 5.09. The summed E-state index contributed by atoms with van der Waals surface area (Å²) in [6.45, 7) is 3.43. The minimum absolute atomic E-state index is 0.299. The molecule has 0 spiro atoms. The first-order valence-electron chi connectivity index (χ1n) is 9.19. The van der Waals surface area contributed by atoms with Crippen molar-refractivity contribution in [3.05, 3.63) is 88.5 Å². The molecule has 0 saturated carbocycles. The Morgan fingerprint density at radius 2 is 2.15 bits per heavy atom. The number of hydrogen-bond donors (Lipinski definition) is 0. The Morgan fingerprint density at radius 1 is 1.26 bits per heavy atom. The van der Waals surface area contributed by atoms with Crippen molar-refractivity contribution in [2.24, 2.45) is 11.1 Å². The van der Waals surface area contributed by atoms with Crippen LogP contribution in [0.1, 0.15) is 28.7 Å². The highest BCUT2D eigenvalue weighted by Gasteiger charge is 2.27. The topological polar surface area (TPSA) is 39.4 Å². The Kier molecular flexibility index (Phi) is 5.26. The zero-order chi connectivity index (χ0) is 18.6. The van der Waals surface area contributed by atoms with Gasteiger partial charge in [-0.2, -0.15) is 0 Å². The molecule has 1 unspecified atom stereocenters. The molecule has 4 rings (SSSR count). The molecule has 1 aliphatic carbocycles. The van der Waals surface area contributed by atoms with Crippen LogP contribution in [0.2, 0.25) is 5.02 Å². The predicted molar refractivity (Wildman–Crippen MR) is 108 cm³/mol. The van der Waals surface area contributed by atoms with Gasteiger partial charge in [0.2, 0.25) is 0 Å². The molecule has 0 bridgehead atoms. The quantitative estimate of drug-likeness (QED) is 0.583. The molecule has 138 valence electrons. The van der Waals surface area contributed by atoms with Crippen molar-refractivity contribution in [3.8, 4) is 0 Å². The van der Waals surface area contributed by atoms with Crippen molar-refractivity contribution in [3.63, 3.8) is 0 Å². The smallest absolute Gasteiger partial charge is 0.142 e. The molecular weight excluding hydrogens is 358 g/mol. The molecule has 0 aliphatic heterocycles. The lowest BCUT2D eigenvalue weighted by Gasteiger charge is -2.27. The molecule has 3 aromatic rings. The van der Waals surface area contributed by atoms with Gasteiger partial charge in [0.15, 0.2) is 0 Å². The molecule has 0 saturated heterocycles. The van der Waals surface area contributed by atoms with E-state index in [9.17, 15) is 0 Å². The van der Waals surface area contributed by atoms with E-state index in [2.05, 4.69) is 39.8 Å². The molecule has 1 heterocycles. The summed E-state index contributed by atoms with van der Waals surface area (Å²) in [5, 5.41) is 5.30. The van der Waals surface area contributed by atoms with E-state index in [0.29, 0.717) is 17.5 Å². The number of nitrogens with zero attached hydrogens (tertiary/aromatic N) is 3. The number of aryl methyl sites for hydroxylation is 1. The first kappa shape index (κ1) is 17.8. The van der Waals surface area contributed by atoms with E-state index in [1.165, 1.54) is 16.7 Å². The van der Waals surface area contributed by atoms with Crippen LogP contribution in [0.15, 0.2) is 66.3 Å². The maximum Gasteiger partial charge on any atom is 0.142 e. The van der Waals surface area contributed by atoms with E-state index in [0.717, 1.165) is 30.7 Å². The van der Waals surface area contributed by atoms with Crippen molar-refractivity contribution >= 4 is 17.3 Å². The summed E-state index contributed by atoms with van der Waals surface area (Å²) in [7, 11) is 0. The average Bonchev–Trinajstić information content (AvgIpc) is 3.17. The van der Waals surface area contributed by atoms with Gasteiger partial charge in [-0.1, -0.05) is 47.1 Å². The van der Waals surface area contributed by atoms with Gasteiger partial charge in [0, 0.05) is 35.4 Å². The molecule has 1 atom stereocenters. The molecule has 27 heavy (non-hydrogen) atoms. The van der Waals surface area contributed by atoms with Crippen LogP contribution < -0.4 is 0 Å². The second-order valence-electron chi connectivity index (χ2n) is 6.98. The number of aromatic nitrogens is 2. The van der Waals surface area contributed by atoms with Crippen LogP contribution in [0.4, 0.5) is 0 Å². The van der Waals surface area contributed by atoms with Gasteiger partial charge < -0.3 is 9.40 Å². The van der Waals surface area contributed by atoms with Crippen molar-refractivity contribution < 1.29 is 4.84 Å². The summed E-state index contributed by atoms with van der Waals surface area (Å²) in [4.78, 5) is 9.93. The van der Waals surface area contributed by atoms with E-state index < -0.39 is 0 Å². The summed E-state index contributed by atoms with van der Waals surface area (Å²) in [6.07, 6.45) is 7.78. The Hall–Kier alpha value is -2.59. The minimum atomic E-state index is 0.299. The minimum Gasteiger partial charge on any atom is -0.391 e. The fraction of sp³-hybridized carbons (Fsp3) is 0.273. The van der Waals surface area contributed by atoms with Gasteiger partial charge in [0.1, 0.15) is 6.61 Å². The Balaban J connectivity index is 1.60. The van der Waals surface area contributed by atoms with Crippen LogP contribution in [0.25, 0.3) is 0 Å². The van der Waals surface area contributed by atoms with Crippen LogP contribution >= 0.6 is 11.6 Å². The number of imidazole rings is 1. The summed E-state index contributed by atoms with van der Waals surface area (Å²) in [5.41, 5.74) is 5.94. The average molecular weight is 380 g/mol. The Bertz CT molecular complexity index is 950. The van der Waals surface area contributed by atoms with E-state index in [1.807, 2.05) is 43.0 Å². The Morgan fingerprint density at radius 3 is 2.96 bits per heavy atom. The molecule has 0 N–H and O–H groups in total. The lowest BCUT2D eigenvalue weighted by Crippen LogP contribution is -2.28. The molecule has 4 nitrogen and oxygen atoms in total. The van der Waals surface area contributed by atoms with Crippen molar-refractivity contribution in [1.82, 2.24) is 9.55 Å². The normalized spacial score (nSPS) is 17.7. The number of hydrogen-bond acceptors (Lipinski definition) is 3. The van der Waals surface area contributed by atoms with E-state index in [4.69, 9.17) is 16.4 Å². The molecule has 1 aromatic heterocycles. The van der Waals surface area contributed by atoms with Gasteiger partial charge in [0.25, 0.3) is 0 Å². The fourth-order valence-corrected chi connectivity index (χ4v) is 3.92. The zero-order valence-corrected chi connectivity index (χ0v) is 16.1. The highest BCUT2D eigenvalue weighted by atomic mass is 35.5. The molecule has 0 amide bonds. The highest BCUT2D eigenvalue weighted by Crippen LogP contribution is 2.30. The summed E-state index contributed by atoms with van der Waals surface area (Å²) < 4.78 is 2.11. The number of benzene rings is 2. The lowest BCUT2D eigenvalue weighted by atomic mass is 9.80. The number of fused-ring (bicyclic) bond motifs is 1. The molecule has 1 aliphatic rings.